The maximum absolute atomic E-state index is 13.0. The van der Waals surface area contributed by atoms with Crippen LogP contribution in [0.1, 0.15) is 35.9 Å². The van der Waals surface area contributed by atoms with E-state index in [0.717, 1.165) is 4.47 Å². The average Bonchev–Trinajstić information content (AvgIpc) is 3.19. The Morgan fingerprint density at radius 1 is 1.17 bits per heavy atom. The third-order valence-electron chi connectivity index (χ3n) is 5.15. The van der Waals surface area contributed by atoms with Gasteiger partial charge in [0.25, 0.3) is 6.04 Å². The Kier molecular flexibility index (Phi) is 5.25. The highest BCUT2D eigenvalue weighted by Gasteiger charge is 2.65. The number of Topliss-reactive ketones (excluding diaryl/α,β-unsaturated/α-hetero) is 1. The van der Waals surface area contributed by atoms with E-state index in [9.17, 15) is 19.7 Å². The molecular weight excluding hydrogens is 462 g/mol. The number of fused-ring (bicyclic) bond motifs is 2. The van der Waals surface area contributed by atoms with Gasteiger partial charge in [0, 0.05) is 9.40 Å². The van der Waals surface area contributed by atoms with Crippen LogP contribution in [0.25, 0.3) is 0 Å². The highest BCUT2D eigenvalue weighted by molar-refractivity contribution is 9.10. The van der Waals surface area contributed by atoms with Crippen LogP contribution in [0, 0.1) is 10.1 Å². The largest absolute Gasteiger partial charge is 0.469 e. The second-order valence-corrected chi connectivity index (χ2v) is 8.49. The minimum absolute atomic E-state index is 0.190. The van der Waals surface area contributed by atoms with Gasteiger partial charge in [0.1, 0.15) is 17.8 Å². The number of halogens is 1. The summed E-state index contributed by atoms with van der Waals surface area (Å²) in [7, 11) is 0. The predicted molar refractivity (Wildman–Crippen MR) is 104 cm³/mol. The zero-order chi connectivity index (χ0) is 21.6. The number of esters is 1. The number of nitro groups is 1. The van der Waals surface area contributed by atoms with Crippen molar-refractivity contribution in [2.45, 2.75) is 49.9 Å². The molecule has 1 aromatic heterocycles. The molecular formula is C20H18BrNO8. The van der Waals surface area contributed by atoms with Crippen molar-refractivity contribution < 1.29 is 33.1 Å². The zero-order valence-electron chi connectivity index (χ0n) is 16.0. The van der Waals surface area contributed by atoms with Crippen molar-refractivity contribution in [2.75, 3.05) is 0 Å². The Balaban J connectivity index is 1.75. The van der Waals surface area contributed by atoms with Crippen molar-refractivity contribution in [2.24, 2.45) is 0 Å². The maximum atomic E-state index is 13.0. The predicted octanol–water partition coefficient (Wildman–Crippen LogP) is 3.10. The fourth-order valence-electron chi connectivity index (χ4n) is 3.92. The van der Waals surface area contributed by atoms with Crippen LogP contribution in [0.4, 0.5) is 0 Å². The summed E-state index contributed by atoms with van der Waals surface area (Å²) < 4.78 is 23.1. The molecule has 0 amide bonds. The molecule has 1 saturated heterocycles. The summed E-state index contributed by atoms with van der Waals surface area (Å²) in [5.74, 6) is -3.41. The van der Waals surface area contributed by atoms with Gasteiger partial charge in [0.05, 0.1) is 11.8 Å². The molecule has 5 atom stereocenters. The van der Waals surface area contributed by atoms with Crippen molar-refractivity contribution in [3.63, 3.8) is 0 Å². The fraction of sp³-hybridized carbons (Fsp3) is 0.400. The Morgan fingerprint density at radius 3 is 2.43 bits per heavy atom. The van der Waals surface area contributed by atoms with E-state index < -0.39 is 52.7 Å². The van der Waals surface area contributed by atoms with Gasteiger partial charge in [-0.3, -0.25) is 14.9 Å². The fourth-order valence-corrected chi connectivity index (χ4v) is 4.18. The van der Waals surface area contributed by atoms with Crippen LogP contribution in [-0.2, 0) is 19.0 Å². The molecule has 0 unspecified atom stereocenters. The Hall–Kier alpha value is -2.56. The molecule has 2 aliphatic rings. The summed E-state index contributed by atoms with van der Waals surface area (Å²) in [6.45, 7) is 3.19. The summed E-state index contributed by atoms with van der Waals surface area (Å²) in [5.41, 5.74) is 0.190. The highest BCUT2D eigenvalue weighted by Crippen LogP contribution is 2.44. The van der Waals surface area contributed by atoms with E-state index in [1.165, 1.54) is 24.5 Å². The molecule has 2 aromatic rings. The van der Waals surface area contributed by atoms with Gasteiger partial charge in [-0.2, -0.15) is 0 Å². The van der Waals surface area contributed by atoms with Crippen molar-refractivity contribution in [3.05, 3.63) is 68.6 Å². The van der Waals surface area contributed by atoms with Crippen LogP contribution >= 0.6 is 15.9 Å². The third-order valence-corrected chi connectivity index (χ3v) is 5.68. The molecule has 10 heteroatoms. The van der Waals surface area contributed by atoms with Crippen molar-refractivity contribution >= 4 is 27.7 Å². The number of ketones is 1. The second-order valence-electron chi connectivity index (χ2n) is 7.57. The highest BCUT2D eigenvalue weighted by atomic mass is 79.9. The summed E-state index contributed by atoms with van der Waals surface area (Å²) in [4.78, 5) is 37.3. The number of ether oxygens (including phenoxy) is 3. The maximum Gasteiger partial charge on any atom is 0.338 e. The molecule has 2 heterocycles. The molecule has 1 aliphatic heterocycles. The van der Waals surface area contributed by atoms with E-state index >= 15 is 0 Å². The topological polar surface area (TPSA) is 118 Å². The van der Waals surface area contributed by atoms with Gasteiger partial charge in [-0.1, -0.05) is 15.9 Å². The standard InChI is InChI=1S/C20H18BrNO8/c1-20(2)29-16-13(12-4-3-9-27-12)14(22(25)26)17(18(30-20)15(16)23)28-19(24)10-5-7-11(21)8-6-10/h3-9,13-14,16-18H,1-2H3/t13-,14-,16-,17+,18-/m0/s1. The van der Waals surface area contributed by atoms with Crippen LogP contribution in [-0.4, -0.2) is 46.8 Å². The lowest BCUT2D eigenvalue weighted by Crippen LogP contribution is -2.68. The summed E-state index contributed by atoms with van der Waals surface area (Å²) >= 11 is 3.28. The molecule has 0 radical (unpaired) electrons. The van der Waals surface area contributed by atoms with E-state index in [0.29, 0.717) is 0 Å². The quantitative estimate of drug-likeness (QED) is 0.372. The monoisotopic (exact) mass is 479 g/mol. The normalized spacial score (nSPS) is 30.0. The Labute approximate surface area is 179 Å². The van der Waals surface area contributed by atoms with Crippen LogP contribution in [0.15, 0.2) is 51.6 Å². The van der Waals surface area contributed by atoms with E-state index in [4.69, 9.17) is 18.6 Å². The summed E-state index contributed by atoms with van der Waals surface area (Å²) in [6, 6.07) is 7.91. The van der Waals surface area contributed by atoms with Crippen LogP contribution in [0.2, 0.25) is 0 Å². The lowest BCUT2D eigenvalue weighted by atomic mass is 9.75. The molecule has 0 N–H and O–H groups in total. The minimum Gasteiger partial charge on any atom is -0.469 e. The second kappa shape index (κ2) is 7.60. The van der Waals surface area contributed by atoms with Gasteiger partial charge in [0.15, 0.2) is 17.7 Å². The molecule has 0 spiro atoms. The number of carbonyl (C=O) groups excluding carboxylic acids is 2. The van der Waals surface area contributed by atoms with Gasteiger partial charge in [-0.25, -0.2) is 4.79 Å². The van der Waals surface area contributed by atoms with Crippen LogP contribution in [0.5, 0.6) is 0 Å². The van der Waals surface area contributed by atoms with Crippen molar-refractivity contribution in [1.29, 1.82) is 0 Å². The van der Waals surface area contributed by atoms with Gasteiger partial charge in [-0.15, -0.1) is 0 Å². The number of nitrogens with zero attached hydrogens (tertiary/aromatic N) is 1. The lowest BCUT2D eigenvalue weighted by Gasteiger charge is -2.48. The third kappa shape index (κ3) is 3.66. The molecule has 158 valence electrons. The lowest BCUT2D eigenvalue weighted by molar-refractivity contribution is -0.550. The number of rotatable bonds is 4. The summed E-state index contributed by atoms with van der Waals surface area (Å²) in [5, 5.41) is 12.1. The molecule has 1 saturated carbocycles. The molecule has 9 nitrogen and oxygen atoms in total. The summed E-state index contributed by atoms with van der Waals surface area (Å²) in [6.07, 6.45) is -2.60. The molecule has 4 rings (SSSR count). The molecule has 1 aliphatic carbocycles. The number of benzene rings is 1. The van der Waals surface area contributed by atoms with E-state index in [2.05, 4.69) is 15.9 Å². The number of furan rings is 1. The van der Waals surface area contributed by atoms with Gasteiger partial charge >= 0.3 is 5.97 Å². The van der Waals surface area contributed by atoms with Crippen molar-refractivity contribution in [1.82, 2.24) is 0 Å². The van der Waals surface area contributed by atoms with Gasteiger partial charge in [-0.05, 0) is 50.2 Å². The molecule has 30 heavy (non-hydrogen) atoms. The van der Waals surface area contributed by atoms with Crippen molar-refractivity contribution in [3.8, 4) is 0 Å². The van der Waals surface area contributed by atoms with Gasteiger partial charge in [0.2, 0.25) is 6.10 Å². The van der Waals surface area contributed by atoms with E-state index in [-0.39, 0.29) is 11.3 Å². The van der Waals surface area contributed by atoms with Gasteiger partial charge < -0.3 is 18.6 Å². The number of hydrogen-bond acceptors (Lipinski definition) is 8. The average molecular weight is 480 g/mol. The Bertz CT molecular complexity index is 971. The first-order valence-corrected chi connectivity index (χ1v) is 10.00. The molecule has 2 fully saturated rings. The smallest absolute Gasteiger partial charge is 0.338 e. The first-order valence-electron chi connectivity index (χ1n) is 9.21. The first kappa shape index (κ1) is 20.7. The SMILES string of the molecule is CC1(C)O[C@@H]2C(=O)[C@H](O1)[C@H](OC(=O)c1ccc(Br)cc1)[C@@H]([N+](=O)[O-])[C@@H]2c1ccco1. The number of carbonyl (C=O) groups is 2. The zero-order valence-corrected chi connectivity index (χ0v) is 17.6. The minimum atomic E-state index is -1.50. The Morgan fingerprint density at radius 2 is 1.83 bits per heavy atom. The molecule has 2 bridgehead atoms. The van der Waals surface area contributed by atoms with Crippen LogP contribution in [0.3, 0.4) is 0 Å². The molecule has 1 aromatic carbocycles. The van der Waals surface area contributed by atoms with E-state index in [1.54, 1.807) is 32.0 Å². The van der Waals surface area contributed by atoms with Crippen LogP contribution < -0.4 is 0 Å². The first-order chi connectivity index (χ1) is 14.2. The number of hydrogen-bond donors (Lipinski definition) is 0. The van der Waals surface area contributed by atoms with E-state index in [1.807, 2.05) is 0 Å².